The maximum atomic E-state index is 12.1. The summed E-state index contributed by atoms with van der Waals surface area (Å²) < 4.78 is 0. The summed E-state index contributed by atoms with van der Waals surface area (Å²) in [6.07, 6.45) is 7.05. The molecule has 1 unspecified atom stereocenters. The summed E-state index contributed by atoms with van der Waals surface area (Å²) in [6, 6.07) is 8.06. The van der Waals surface area contributed by atoms with Gasteiger partial charge in [0.05, 0.1) is 6.54 Å². The van der Waals surface area contributed by atoms with Crippen molar-refractivity contribution >= 4 is 5.91 Å². The van der Waals surface area contributed by atoms with E-state index < -0.39 is 5.60 Å². The standard InChI is InChI=1S/C17H23NO2/c19-16(14-7-1-2-8-14)18-12-17(20)11-5-9-13-6-3-4-10-15(13)17/h3-4,6,10,14,20H,1-2,5,7-9,11-12H2,(H,18,19). The van der Waals surface area contributed by atoms with Crippen molar-refractivity contribution in [3.8, 4) is 0 Å². The second-order valence-electron chi connectivity index (χ2n) is 6.24. The van der Waals surface area contributed by atoms with Crippen molar-refractivity contribution in [3.63, 3.8) is 0 Å². The van der Waals surface area contributed by atoms with Crippen LogP contribution in [0.2, 0.25) is 0 Å². The van der Waals surface area contributed by atoms with Crippen molar-refractivity contribution in [1.29, 1.82) is 0 Å². The predicted octanol–water partition coefficient (Wildman–Crippen LogP) is 2.52. The number of hydrogen-bond donors (Lipinski definition) is 2. The van der Waals surface area contributed by atoms with E-state index in [0.29, 0.717) is 6.54 Å². The van der Waals surface area contributed by atoms with Crippen LogP contribution in [-0.4, -0.2) is 17.6 Å². The van der Waals surface area contributed by atoms with Crippen molar-refractivity contribution in [2.75, 3.05) is 6.54 Å². The lowest BCUT2D eigenvalue weighted by molar-refractivity contribution is -0.126. The molecular weight excluding hydrogens is 250 g/mol. The van der Waals surface area contributed by atoms with Crippen LogP contribution in [0.15, 0.2) is 24.3 Å². The highest BCUT2D eigenvalue weighted by molar-refractivity contribution is 5.79. The number of benzene rings is 1. The average molecular weight is 273 g/mol. The monoisotopic (exact) mass is 273 g/mol. The van der Waals surface area contributed by atoms with Crippen LogP contribution < -0.4 is 5.32 Å². The minimum atomic E-state index is -0.886. The molecule has 3 nitrogen and oxygen atoms in total. The third kappa shape index (κ3) is 2.59. The highest BCUT2D eigenvalue weighted by atomic mass is 16.3. The van der Waals surface area contributed by atoms with E-state index >= 15 is 0 Å². The molecule has 3 rings (SSSR count). The molecule has 108 valence electrons. The minimum absolute atomic E-state index is 0.124. The van der Waals surface area contributed by atoms with Gasteiger partial charge in [-0.1, -0.05) is 37.1 Å². The first kappa shape index (κ1) is 13.6. The topological polar surface area (TPSA) is 49.3 Å². The Morgan fingerprint density at radius 2 is 2.00 bits per heavy atom. The summed E-state index contributed by atoms with van der Waals surface area (Å²) in [5.74, 6) is 0.288. The summed E-state index contributed by atoms with van der Waals surface area (Å²) in [5, 5.41) is 13.9. The van der Waals surface area contributed by atoms with Crippen LogP contribution in [0.5, 0.6) is 0 Å². The highest BCUT2D eigenvalue weighted by Gasteiger charge is 2.35. The van der Waals surface area contributed by atoms with Crippen LogP contribution in [0.3, 0.4) is 0 Å². The fourth-order valence-electron chi connectivity index (χ4n) is 3.65. The molecule has 1 aromatic carbocycles. The Morgan fingerprint density at radius 1 is 1.25 bits per heavy atom. The van der Waals surface area contributed by atoms with E-state index in [-0.39, 0.29) is 11.8 Å². The zero-order valence-corrected chi connectivity index (χ0v) is 11.9. The number of carbonyl (C=O) groups excluding carboxylic acids is 1. The SMILES string of the molecule is O=C(NCC1(O)CCCc2ccccc21)C1CCCC1. The highest BCUT2D eigenvalue weighted by Crippen LogP contribution is 2.35. The van der Waals surface area contributed by atoms with Crippen LogP contribution in [0.4, 0.5) is 0 Å². The molecule has 20 heavy (non-hydrogen) atoms. The van der Waals surface area contributed by atoms with Crippen molar-refractivity contribution in [2.45, 2.75) is 50.5 Å². The van der Waals surface area contributed by atoms with E-state index in [2.05, 4.69) is 11.4 Å². The molecule has 1 aromatic rings. The van der Waals surface area contributed by atoms with Crippen LogP contribution in [0.1, 0.15) is 49.7 Å². The summed E-state index contributed by atoms with van der Waals surface area (Å²) in [6.45, 7) is 0.347. The summed E-state index contributed by atoms with van der Waals surface area (Å²) >= 11 is 0. The number of nitrogens with one attached hydrogen (secondary N) is 1. The van der Waals surface area contributed by atoms with Gasteiger partial charge in [-0.2, -0.15) is 0 Å². The van der Waals surface area contributed by atoms with Gasteiger partial charge < -0.3 is 10.4 Å². The lowest BCUT2D eigenvalue weighted by Gasteiger charge is -2.35. The van der Waals surface area contributed by atoms with Crippen LogP contribution in [-0.2, 0) is 16.8 Å². The van der Waals surface area contributed by atoms with Gasteiger partial charge in [0.15, 0.2) is 0 Å². The Hall–Kier alpha value is -1.35. The fraction of sp³-hybridized carbons (Fsp3) is 0.588. The maximum Gasteiger partial charge on any atom is 0.223 e. The number of amides is 1. The van der Waals surface area contributed by atoms with Crippen molar-refractivity contribution in [3.05, 3.63) is 35.4 Å². The fourth-order valence-corrected chi connectivity index (χ4v) is 3.65. The molecule has 1 amide bonds. The smallest absolute Gasteiger partial charge is 0.223 e. The molecular formula is C17H23NO2. The van der Waals surface area contributed by atoms with Gasteiger partial charge in [-0.3, -0.25) is 4.79 Å². The zero-order chi connectivity index (χ0) is 14.0. The van der Waals surface area contributed by atoms with Crippen molar-refractivity contribution < 1.29 is 9.90 Å². The average Bonchev–Trinajstić information content (AvgIpc) is 3.00. The number of aryl methyl sites for hydroxylation is 1. The maximum absolute atomic E-state index is 12.1. The van der Waals surface area contributed by atoms with Gasteiger partial charge in [0.1, 0.15) is 5.60 Å². The molecule has 3 heteroatoms. The molecule has 0 saturated heterocycles. The van der Waals surface area contributed by atoms with E-state index in [9.17, 15) is 9.90 Å². The zero-order valence-electron chi connectivity index (χ0n) is 11.9. The summed E-state index contributed by atoms with van der Waals surface area (Å²) in [4.78, 5) is 12.1. The number of hydrogen-bond acceptors (Lipinski definition) is 2. The quantitative estimate of drug-likeness (QED) is 0.889. The van der Waals surface area contributed by atoms with Gasteiger partial charge in [0.2, 0.25) is 5.91 Å². The Labute approximate surface area is 120 Å². The molecule has 0 heterocycles. The molecule has 0 bridgehead atoms. The second kappa shape index (κ2) is 5.57. The number of rotatable bonds is 3. The van der Waals surface area contributed by atoms with Crippen LogP contribution >= 0.6 is 0 Å². The first-order chi connectivity index (χ1) is 9.69. The second-order valence-corrected chi connectivity index (χ2v) is 6.24. The van der Waals surface area contributed by atoms with Gasteiger partial charge in [0, 0.05) is 5.92 Å². The molecule has 0 aromatic heterocycles. The molecule has 2 N–H and O–H groups in total. The minimum Gasteiger partial charge on any atom is -0.383 e. The van der Waals surface area contributed by atoms with E-state index in [1.165, 1.54) is 5.56 Å². The molecule has 2 aliphatic rings. The molecule has 1 atom stereocenters. The van der Waals surface area contributed by atoms with Gasteiger partial charge in [0.25, 0.3) is 0 Å². The number of aliphatic hydroxyl groups is 1. The normalized spacial score (nSPS) is 26.2. The van der Waals surface area contributed by atoms with Gasteiger partial charge in [-0.25, -0.2) is 0 Å². The molecule has 2 aliphatic carbocycles. The number of carbonyl (C=O) groups is 1. The predicted molar refractivity (Wildman–Crippen MR) is 78.2 cm³/mol. The summed E-state index contributed by atoms with van der Waals surface area (Å²) in [5.41, 5.74) is 1.33. The van der Waals surface area contributed by atoms with E-state index in [0.717, 1.165) is 50.5 Å². The molecule has 1 fully saturated rings. The Bertz CT molecular complexity index is 494. The Kier molecular flexibility index (Phi) is 3.79. The first-order valence-corrected chi connectivity index (χ1v) is 7.77. The van der Waals surface area contributed by atoms with Crippen molar-refractivity contribution in [1.82, 2.24) is 5.32 Å². The largest absolute Gasteiger partial charge is 0.383 e. The molecule has 0 aliphatic heterocycles. The Balaban J connectivity index is 1.69. The van der Waals surface area contributed by atoms with Crippen molar-refractivity contribution in [2.24, 2.45) is 5.92 Å². The molecule has 0 radical (unpaired) electrons. The van der Waals surface area contributed by atoms with E-state index in [1.54, 1.807) is 0 Å². The molecule has 0 spiro atoms. The van der Waals surface area contributed by atoms with E-state index in [4.69, 9.17) is 0 Å². The van der Waals surface area contributed by atoms with E-state index in [1.807, 2.05) is 18.2 Å². The number of fused-ring (bicyclic) bond motifs is 1. The Morgan fingerprint density at radius 3 is 2.80 bits per heavy atom. The van der Waals surface area contributed by atoms with Gasteiger partial charge >= 0.3 is 0 Å². The first-order valence-electron chi connectivity index (χ1n) is 7.77. The molecule has 1 saturated carbocycles. The lowest BCUT2D eigenvalue weighted by atomic mass is 9.79. The van der Waals surface area contributed by atoms with Gasteiger partial charge in [-0.15, -0.1) is 0 Å². The third-order valence-electron chi connectivity index (χ3n) is 4.84. The summed E-state index contributed by atoms with van der Waals surface area (Å²) in [7, 11) is 0. The lowest BCUT2D eigenvalue weighted by Crippen LogP contribution is -2.44. The third-order valence-corrected chi connectivity index (χ3v) is 4.84. The van der Waals surface area contributed by atoms with Crippen LogP contribution in [0, 0.1) is 5.92 Å². The van der Waals surface area contributed by atoms with Crippen LogP contribution in [0.25, 0.3) is 0 Å². The van der Waals surface area contributed by atoms with Gasteiger partial charge in [-0.05, 0) is 43.2 Å².